The number of carbonyl (C=O) groups is 1. The third-order valence-corrected chi connectivity index (χ3v) is 3.49. The van der Waals surface area contributed by atoms with Gasteiger partial charge in [0.25, 0.3) is 0 Å². The van der Waals surface area contributed by atoms with Gasteiger partial charge in [0.2, 0.25) is 0 Å². The zero-order chi connectivity index (χ0) is 9.84. The van der Waals surface area contributed by atoms with Crippen LogP contribution in [0.15, 0.2) is 0 Å². The Balaban J connectivity index is 2.38. The van der Waals surface area contributed by atoms with Crippen LogP contribution in [0.5, 0.6) is 0 Å². The summed E-state index contributed by atoms with van der Waals surface area (Å²) in [4.78, 5) is 13.4. The van der Waals surface area contributed by atoms with Crippen LogP contribution in [-0.4, -0.2) is 35.9 Å². The first kappa shape index (κ1) is 10.8. The van der Waals surface area contributed by atoms with E-state index in [0.717, 1.165) is 6.42 Å². The Morgan fingerprint density at radius 2 is 2.00 bits per heavy atom. The quantitative estimate of drug-likeness (QED) is 0.708. The molecule has 0 aromatic heterocycles. The normalized spacial score (nSPS) is 28.2. The molecule has 13 heavy (non-hydrogen) atoms. The van der Waals surface area contributed by atoms with Crippen molar-refractivity contribution >= 4 is 22.0 Å². The molecule has 0 bridgehead atoms. The van der Waals surface area contributed by atoms with E-state index < -0.39 is 0 Å². The second-order valence-electron chi connectivity index (χ2n) is 3.75. The molecule has 1 aliphatic rings. The van der Waals surface area contributed by atoms with Crippen molar-refractivity contribution in [1.82, 2.24) is 10.2 Å². The van der Waals surface area contributed by atoms with Crippen LogP contribution >= 0.6 is 15.9 Å². The van der Waals surface area contributed by atoms with Crippen molar-refractivity contribution in [1.29, 1.82) is 0 Å². The molecule has 1 aliphatic carbocycles. The maximum atomic E-state index is 11.4. The SMILES string of the molecule is CN(C)C(=O)N[C@H]1CCCC[C@@H]1Br. The van der Waals surface area contributed by atoms with Gasteiger partial charge in [-0.05, 0) is 12.8 Å². The number of halogens is 1. The molecule has 2 atom stereocenters. The molecule has 0 aromatic carbocycles. The molecular formula is C9H17BrN2O. The van der Waals surface area contributed by atoms with E-state index in [4.69, 9.17) is 0 Å². The molecule has 0 spiro atoms. The number of nitrogens with zero attached hydrogens (tertiary/aromatic N) is 1. The molecule has 1 saturated carbocycles. The number of amides is 2. The minimum atomic E-state index is 0.0105. The van der Waals surface area contributed by atoms with Crippen LogP contribution in [0.3, 0.4) is 0 Å². The minimum Gasteiger partial charge on any atom is -0.334 e. The predicted molar refractivity (Wildman–Crippen MR) is 57.2 cm³/mol. The number of alkyl halides is 1. The van der Waals surface area contributed by atoms with Crippen molar-refractivity contribution in [2.75, 3.05) is 14.1 Å². The molecule has 76 valence electrons. The number of hydrogen-bond acceptors (Lipinski definition) is 1. The van der Waals surface area contributed by atoms with E-state index in [-0.39, 0.29) is 6.03 Å². The number of rotatable bonds is 1. The monoisotopic (exact) mass is 248 g/mol. The average Bonchev–Trinajstić information content (AvgIpc) is 2.08. The van der Waals surface area contributed by atoms with Gasteiger partial charge in [0, 0.05) is 25.0 Å². The third-order valence-electron chi connectivity index (χ3n) is 2.40. The van der Waals surface area contributed by atoms with Gasteiger partial charge in [-0.1, -0.05) is 28.8 Å². The third kappa shape index (κ3) is 3.18. The van der Waals surface area contributed by atoms with Gasteiger partial charge in [-0.2, -0.15) is 0 Å². The first-order valence-electron chi connectivity index (χ1n) is 4.73. The molecule has 0 aliphatic heterocycles. The van der Waals surface area contributed by atoms with Gasteiger partial charge >= 0.3 is 6.03 Å². The van der Waals surface area contributed by atoms with E-state index in [9.17, 15) is 4.79 Å². The molecular weight excluding hydrogens is 232 g/mol. The molecule has 0 aromatic rings. The van der Waals surface area contributed by atoms with Gasteiger partial charge in [-0.15, -0.1) is 0 Å². The second kappa shape index (κ2) is 4.84. The number of carbonyl (C=O) groups excluding carboxylic acids is 1. The van der Waals surface area contributed by atoms with Gasteiger partial charge in [-0.3, -0.25) is 0 Å². The van der Waals surface area contributed by atoms with E-state index in [1.54, 1.807) is 19.0 Å². The molecule has 1 N–H and O–H groups in total. The smallest absolute Gasteiger partial charge is 0.317 e. The van der Waals surface area contributed by atoms with Crippen LogP contribution in [0.1, 0.15) is 25.7 Å². The van der Waals surface area contributed by atoms with Crippen molar-refractivity contribution in [2.45, 2.75) is 36.6 Å². The van der Waals surface area contributed by atoms with Gasteiger partial charge in [-0.25, -0.2) is 4.79 Å². The highest BCUT2D eigenvalue weighted by atomic mass is 79.9. The van der Waals surface area contributed by atoms with Crippen LogP contribution in [0.2, 0.25) is 0 Å². The number of hydrogen-bond donors (Lipinski definition) is 1. The largest absolute Gasteiger partial charge is 0.334 e. The lowest BCUT2D eigenvalue weighted by Gasteiger charge is -2.29. The fraction of sp³-hybridized carbons (Fsp3) is 0.889. The Bertz CT molecular complexity index is 184. The first-order valence-corrected chi connectivity index (χ1v) is 5.64. The molecule has 0 saturated heterocycles. The molecule has 2 amide bonds. The topological polar surface area (TPSA) is 32.3 Å². The summed E-state index contributed by atoms with van der Waals surface area (Å²) in [6.45, 7) is 0. The lowest BCUT2D eigenvalue weighted by Crippen LogP contribution is -2.46. The maximum Gasteiger partial charge on any atom is 0.317 e. The summed E-state index contributed by atoms with van der Waals surface area (Å²) in [5.41, 5.74) is 0. The zero-order valence-corrected chi connectivity index (χ0v) is 9.80. The lowest BCUT2D eigenvalue weighted by atomic mass is 9.95. The fourth-order valence-electron chi connectivity index (χ4n) is 1.54. The summed E-state index contributed by atoms with van der Waals surface area (Å²) in [6.07, 6.45) is 4.75. The lowest BCUT2D eigenvalue weighted by molar-refractivity contribution is 0.210. The fourth-order valence-corrected chi connectivity index (χ4v) is 2.26. The van der Waals surface area contributed by atoms with Gasteiger partial charge in [0.05, 0.1) is 0 Å². The summed E-state index contributed by atoms with van der Waals surface area (Å²) >= 11 is 3.60. The first-order chi connectivity index (χ1) is 6.11. The summed E-state index contributed by atoms with van der Waals surface area (Å²) in [6, 6.07) is 0.319. The molecule has 4 heteroatoms. The molecule has 0 radical (unpaired) electrons. The minimum absolute atomic E-state index is 0.0105. The zero-order valence-electron chi connectivity index (χ0n) is 8.22. The van der Waals surface area contributed by atoms with E-state index in [1.165, 1.54) is 19.3 Å². The summed E-state index contributed by atoms with van der Waals surface area (Å²) in [5, 5.41) is 3.01. The second-order valence-corrected chi connectivity index (χ2v) is 4.93. The number of nitrogens with one attached hydrogen (secondary N) is 1. The standard InChI is InChI=1S/C9H17BrN2O/c1-12(2)9(13)11-8-6-4-3-5-7(8)10/h7-8H,3-6H2,1-2H3,(H,11,13)/t7-,8-/m0/s1. The van der Waals surface area contributed by atoms with E-state index in [2.05, 4.69) is 21.2 Å². The molecule has 1 fully saturated rings. The van der Waals surface area contributed by atoms with Crippen molar-refractivity contribution in [2.24, 2.45) is 0 Å². The maximum absolute atomic E-state index is 11.4. The Labute approximate surface area is 88.0 Å². The Hall–Kier alpha value is -0.250. The Kier molecular flexibility index (Phi) is 4.03. The molecule has 3 nitrogen and oxygen atoms in total. The Morgan fingerprint density at radius 3 is 2.54 bits per heavy atom. The molecule has 0 heterocycles. The van der Waals surface area contributed by atoms with Crippen LogP contribution in [0.25, 0.3) is 0 Å². The highest BCUT2D eigenvalue weighted by Gasteiger charge is 2.24. The van der Waals surface area contributed by atoms with Crippen LogP contribution < -0.4 is 5.32 Å². The summed E-state index contributed by atoms with van der Waals surface area (Å²) in [7, 11) is 3.53. The van der Waals surface area contributed by atoms with E-state index in [1.807, 2.05) is 0 Å². The van der Waals surface area contributed by atoms with E-state index >= 15 is 0 Å². The van der Waals surface area contributed by atoms with Crippen LogP contribution in [0, 0.1) is 0 Å². The van der Waals surface area contributed by atoms with Crippen LogP contribution in [0.4, 0.5) is 4.79 Å². The van der Waals surface area contributed by atoms with Crippen molar-refractivity contribution in [3.63, 3.8) is 0 Å². The summed E-state index contributed by atoms with van der Waals surface area (Å²) in [5.74, 6) is 0. The van der Waals surface area contributed by atoms with Crippen LogP contribution in [-0.2, 0) is 0 Å². The van der Waals surface area contributed by atoms with Gasteiger partial charge < -0.3 is 10.2 Å². The predicted octanol–water partition coefficient (Wildman–Crippen LogP) is 1.96. The van der Waals surface area contributed by atoms with Crippen molar-refractivity contribution < 1.29 is 4.79 Å². The van der Waals surface area contributed by atoms with Crippen molar-refractivity contribution in [3.05, 3.63) is 0 Å². The molecule has 0 unspecified atom stereocenters. The molecule has 1 rings (SSSR count). The summed E-state index contributed by atoms with van der Waals surface area (Å²) < 4.78 is 0. The van der Waals surface area contributed by atoms with Gasteiger partial charge in [0.15, 0.2) is 0 Å². The number of urea groups is 1. The highest BCUT2D eigenvalue weighted by Crippen LogP contribution is 2.24. The van der Waals surface area contributed by atoms with E-state index in [0.29, 0.717) is 10.9 Å². The van der Waals surface area contributed by atoms with Gasteiger partial charge in [0.1, 0.15) is 0 Å². The Morgan fingerprint density at radius 1 is 1.38 bits per heavy atom. The van der Waals surface area contributed by atoms with Crippen molar-refractivity contribution in [3.8, 4) is 0 Å². The highest BCUT2D eigenvalue weighted by molar-refractivity contribution is 9.09. The average molecular weight is 249 g/mol.